The van der Waals surface area contributed by atoms with Gasteiger partial charge in [0, 0.05) is 6.54 Å². The third-order valence-corrected chi connectivity index (χ3v) is 3.49. The number of anilines is 1. The molecule has 0 saturated carbocycles. The molecule has 0 unspecified atom stereocenters. The van der Waals surface area contributed by atoms with Crippen molar-refractivity contribution in [1.82, 2.24) is 20.0 Å². The van der Waals surface area contributed by atoms with Gasteiger partial charge in [-0.1, -0.05) is 5.16 Å². The topological polar surface area (TPSA) is 125 Å². The van der Waals surface area contributed by atoms with Gasteiger partial charge in [0.05, 0.1) is 11.3 Å². The third kappa shape index (κ3) is 4.32. The minimum Gasteiger partial charge on any atom is -0.365 e. The van der Waals surface area contributed by atoms with Gasteiger partial charge in [0.15, 0.2) is 5.69 Å². The number of rotatable bonds is 6. The van der Waals surface area contributed by atoms with E-state index in [0.29, 0.717) is 36.2 Å². The van der Waals surface area contributed by atoms with Gasteiger partial charge in [-0.2, -0.15) is 13.2 Å². The lowest BCUT2D eigenvalue weighted by Gasteiger charge is -2.10. The van der Waals surface area contributed by atoms with E-state index in [1.807, 2.05) is 0 Å². The smallest absolute Gasteiger partial charge is 0.365 e. The van der Waals surface area contributed by atoms with Gasteiger partial charge in [-0.25, -0.2) is 18.4 Å². The van der Waals surface area contributed by atoms with Crippen LogP contribution in [0.3, 0.4) is 0 Å². The van der Waals surface area contributed by atoms with Crippen molar-refractivity contribution in [2.45, 2.75) is 12.6 Å². The molecule has 0 spiro atoms. The van der Waals surface area contributed by atoms with Gasteiger partial charge in [-0.3, -0.25) is 4.52 Å². The highest BCUT2D eigenvalue weighted by molar-refractivity contribution is 14.0. The Hall–Kier alpha value is -2.49. The molecule has 0 amide bonds. The number of benzene rings is 1. The average molecular weight is 516 g/mol. The van der Waals surface area contributed by atoms with E-state index in [1.165, 1.54) is 0 Å². The quantitative estimate of drug-likeness (QED) is 0.291. The largest absolute Gasteiger partial charge is 0.446 e. The minimum absolute atomic E-state index is 0. The van der Waals surface area contributed by atoms with Gasteiger partial charge in [0.1, 0.15) is 5.82 Å². The molecule has 0 aliphatic carbocycles. The van der Waals surface area contributed by atoms with Crippen LogP contribution in [0.25, 0.3) is 17.2 Å². The number of alkyl halides is 3. The van der Waals surface area contributed by atoms with Crippen LogP contribution in [0.4, 0.5) is 23.4 Å². The lowest BCUT2D eigenvalue weighted by Crippen LogP contribution is -2.16. The molecule has 3 N–H and O–H groups in total. The van der Waals surface area contributed by atoms with Crippen LogP contribution in [-0.2, 0) is 6.18 Å². The van der Waals surface area contributed by atoms with Crippen molar-refractivity contribution in [2.24, 2.45) is 5.73 Å². The maximum absolute atomic E-state index is 13.5. The van der Waals surface area contributed by atoms with Crippen molar-refractivity contribution in [1.29, 1.82) is 0 Å². The zero-order valence-electron chi connectivity index (χ0n) is 13.9. The van der Waals surface area contributed by atoms with Crippen LogP contribution in [0.15, 0.2) is 32.1 Å². The average Bonchev–Trinajstić information content (AvgIpc) is 3.21. The summed E-state index contributed by atoms with van der Waals surface area (Å²) in [6.45, 7) is 0.798. The fourth-order valence-electron chi connectivity index (χ4n) is 2.26. The van der Waals surface area contributed by atoms with E-state index in [0.717, 1.165) is 6.07 Å². The summed E-state index contributed by atoms with van der Waals surface area (Å²) in [4.78, 5) is 12.0. The van der Waals surface area contributed by atoms with E-state index >= 15 is 0 Å². The van der Waals surface area contributed by atoms with Gasteiger partial charge in [0.25, 0.3) is 0 Å². The molecule has 152 valence electrons. The summed E-state index contributed by atoms with van der Waals surface area (Å²) in [6.07, 6.45) is -4.36. The Morgan fingerprint density at radius 3 is 2.64 bits per heavy atom. The van der Waals surface area contributed by atoms with Gasteiger partial charge >= 0.3 is 11.9 Å². The molecule has 0 atom stereocenters. The molecule has 9 nitrogen and oxygen atoms in total. The normalized spacial score (nSPS) is 11.3. The van der Waals surface area contributed by atoms with Crippen LogP contribution in [-0.4, -0.2) is 33.1 Å². The molecule has 2 heterocycles. The zero-order chi connectivity index (χ0) is 19.6. The van der Waals surface area contributed by atoms with Crippen molar-refractivity contribution >= 4 is 29.8 Å². The highest BCUT2D eigenvalue weighted by Gasteiger charge is 2.35. The van der Waals surface area contributed by atoms with E-state index in [2.05, 4.69) is 29.9 Å². The molecule has 0 aliphatic rings. The highest BCUT2D eigenvalue weighted by atomic mass is 127. The number of aromatic nitrogens is 4. The first-order valence-corrected chi connectivity index (χ1v) is 7.55. The number of nitrogens with one attached hydrogen (secondary N) is 1. The Balaban J connectivity index is 0.00000280. The first-order chi connectivity index (χ1) is 12.8. The van der Waals surface area contributed by atoms with Crippen LogP contribution in [0.5, 0.6) is 0 Å². The predicted octanol–water partition coefficient (Wildman–Crippen LogP) is 2.41. The number of hydrogen-bond donors (Lipinski definition) is 2. The molecule has 14 heteroatoms. The molecule has 1 aromatic carbocycles. The van der Waals surface area contributed by atoms with Crippen LogP contribution < -0.4 is 16.8 Å². The Bertz CT molecular complexity index is 1000. The van der Waals surface area contributed by atoms with Crippen molar-refractivity contribution in [3.05, 3.63) is 40.1 Å². The van der Waals surface area contributed by atoms with Crippen molar-refractivity contribution in [3.8, 4) is 17.2 Å². The summed E-state index contributed by atoms with van der Waals surface area (Å²) >= 11 is 0. The third-order valence-electron chi connectivity index (χ3n) is 3.49. The number of hydrogen-bond acceptors (Lipinski definition) is 8. The molecular weight excluding hydrogens is 503 g/mol. The Labute approximate surface area is 170 Å². The molecule has 0 radical (unpaired) electrons. The van der Waals surface area contributed by atoms with Crippen LogP contribution in [0.1, 0.15) is 12.0 Å². The van der Waals surface area contributed by atoms with E-state index < -0.39 is 23.3 Å². The van der Waals surface area contributed by atoms with Gasteiger partial charge < -0.3 is 11.1 Å². The highest BCUT2D eigenvalue weighted by Crippen LogP contribution is 2.33. The van der Waals surface area contributed by atoms with Gasteiger partial charge in [0.2, 0.25) is 11.6 Å². The maximum atomic E-state index is 13.5. The monoisotopic (exact) mass is 516 g/mol. The first-order valence-electron chi connectivity index (χ1n) is 7.55. The molecule has 0 aliphatic heterocycles. The fourth-order valence-corrected chi connectivity index (χ4v) is 2.26. The van der Waals surface area contributed by atoms with Crippen LogP contribution in [0, 0.1) is 5.82 Å². The lowest BCUT2D eigenvalue weighted by molar-refractivity contribution is -0.140. The van der Waals surface area contributed by atoms with Crippen molar-refractivity contribution in [3.63, 3.8) is 0 Å². The molecular formula is C14H13F4IN6O3. The standard InChI is InChI=1S/C14H12F4N6O3.HI/c15-9-3-2-7(6-8(9)14(16,17)18)24-12(23-26-13(24)25)10-11(22-27-21-10)20-5-1-4-19;/h2-3,6H,1,4-5,19H2,(H,20,22);1H. The second kappa shape index (κ2) is 8.68. The molecule has 3 aromatic rings. The summed E-state index contributed by atoms with van der Waals surface area (Å²) in [5, 5.41) is 13.6. The van der Waals surface area contributed by atoms with E-state index in [4.69, 9.17) is 5.73 Å². The Morgan fingerprint density at radius 2 is 1.96 bits per heavy atom. The zero-order valence-corrected chi connectivity index (χ0v) is 16.2. The fraction of sp³-hybridized carbons (Fsp3) is 0.286. The van der Waals surface area contributed by atoms with Crippen molar-refractivity contribution in [2.75, 3.05) is 18.4 Å². The maximum Gasteiger partial charge on any atom is 0.446 e. The van der Waals surface area contributed by atoms with Gasteiger partial charge in [-0.15, -0.1) is 24.0 Å². The molecule has 28 heavy (non-hydrogen) atoms. The molecule has 0 saturated heterocycles. The molecule has 2 aromatic heterocycles. The summed E-state index contributed by atoms with van der Waals surface area (Å²) in [6, 6.07) is 2.02. The predicted molar refractivity (Wildman–Crippen MR) is 97.9 cm³/mol. The summed E-state index contributed by atoms with van der Waals surface area (Å²) in [7, 11) is 0. The number of nitrogens with two attached hydrogens (primary N) is 1. The first kappa shape index (κ1) is 21.8. The second-order valence-electron chi connectivity index (χ2n) is 5.30. The SMILES string of the molecule is I.NCCCNc1nonc1-c1noc(=O)n1-c1ccc(F)c(C(F)(F)F)c1. The van der Waals surface area contributed by atoms with E-state index in [1.54, 1.807) is 0 Å². The summed E-state index contributed by atoms with van der Waals surface area (Å²) in [5.41, 5.74) is 3.45. The van der Waals surface area contributed by atoms with Gasteiger partial charge in [-0.05, 0) is 41.5 Å². The van der Waals surface area contributed by atoms with E-state index in [-0.39, 0.29) is 47.0 Å². The number of nitrogens with zero attached hydrogens (tertiary/aromatic N) is 4. The summed E-state index contributed by atoms with van der Waals surface area (Å²) in [5.74, 6) is -2.76. The molecule has 0 bridgehead atoms. The Morgan fingerprint density at radius 1 is 1.21 bits per heavy atom. The Kier molecular flexibility index (Phi) is 6.76. The van der Waals surface area contributed by atoms with Crippen LogP contribution >= 0.6 is 24.0 Å². The van der Waals surface area contributed by atoms with Crippen LogP contribution in [0.2, 0.25) is 0 Å². The summed E-state index contributed by atoms with van der Waals surface area (Å²) < 4.78 is 62.2. The van der Waals surface area contributed by atoms with E-state index in [9.17, 15) is 22.4 Å². The number of halogens is 5. The second-order valence-corrected chi connectivity index (χ2v) is 5.30. The molecule has 0 fully saturated rings. The minimum atomic E-state index is -4.95. The molecule has 3 rings (SSSR count). The van der Waals surface area contributed by atoms with Crippen molar-refractivity contribution < 1.29 is 26.7 Å². The lowest BCUT2D eigenvalue weighted by atomic mass is 10.1.